The van der Waals surface area contributed by atoms with E-state index in [1.807, 2.05) is 0 Å². The van der Waals surface area contributed by atoms with Crippen molar-refractivity contribution in [2.24, 2.45) is 0 Å². The van der Waals surface area contributed by atoms with E-state index in [0.29, 0.717) is 11.1 Å². The highest BCUT2D eigenvalue weighted by molar-refractivity contribution is 5.78. The van der Waals surface area contributed by atoms with E-state index in [0.717, 1.165) is 5.52 Å². The molecule has 0 aliphatic heterocycles. The molecule has 0 aliphatic carbocycles. The van der Waals surface area contributed by atoms with Gasteiger partial charge in [-0.05, 0) is 31.2 Å². The second-order valence-corrected chi connectivity index (χ2v) is 2.81. The van der Waals surface area contributed by atoms with Gasteiger partial charge in [0.2, 0.25) is 0 Å². The highest BCUT2D eigenvalue weighted by Gasteiger charge is 2.01. The van der Waals surface area contributed by atoms with Crippen LogP contribution < -0.4 is 0 Å². The minimum Gasteiger partial charge on any atom is -0.253 e. The van der Waals surface area contributed by atoms with Crippen LogP contribution in [0.1, 0.15) is 5.56 Å². The number of hydrogen-bond donors (Lipinski definition) is 0. The third-order valence-corrected chi connectivity index (χ3v) is 1.92. The third kappa shape index (κ3) is 1.48. The first-order valence-corrected chi connectivity index (χ1v) is 4.17. The molecule has 2 aromatic rings. The Hall–Kier alpha value is -1.77. The Balaban J connectivity index is 2.62. The van der Waals surface area contributed by atoms with Gasteiger partial charge in [-0.25, -0.2) is 4.39 Å². The fourth-order valence-corrected chi connectivity index (χ4v) is 1.23. The van der Waals surface area contributed by atoms with E-state index in [4.69, 9.17) is 0 Å². The second kappa shape index (κ2) is 3.54. The van der Waals surface area contributed by atoms with Crippen LogP contribution in [-0.2, 0) is 0 Å². The zero-order valence-electron chi connectivity index (χ0n) is 7.44. The van der Waals surface area contributed by atoms with Gasteiger partial charge < -0.3 is 0 Å². The molecule has 2 rings (SSSR count). The second-order valence-electron chi connectivity index (χ2n) is 2.81. The summed E-state index contributed by atoms with van der Waals surface area (Å²) in [6, 6.07) is 5.05. The fraction of sp³-hybridized carbons (Fsp3) is 0. The molecule has 3 heteroatoms. The van der Waals surface area contributed by atoms with E-state index in [9.17, 15) is 4.39 Å². The van der Waals surface area contributed by atoms with E-state index >= 15 is 0 Å². The van der Waals surface area contributed by atoms with E-state index in [-0.39, 0.29) is 5.83 Å². The van der Waals surface area contributed by atoms with Gasteiger partial charge in [-0.2, -0.15) is 0 Å². The molecule has 0 fully saturated rings. The monoisotopic (exact) mass is 187 g/mol. The molecule has 0 amide bonds. The van der Waals surface area contributed by atoms with E-state index in [1.54, 1.807) is 30.6 Å². The van der Waals surface area contributed by atoms with Crippen LogP contribution in [0.2, 0.25) is 0 Å². The number of allylic oxidation sites excluding steroid dienone is 1. The van der Waals surface area contributed by atoms with E-state index in [1.165, 1.54) is 6.08 Å². The molecule has 0 spiro atoms. The SMILES string of the molecule is [CH2]/C=C(/F)c1ccc2nccnc2c1. The van der Waals surface area contributed by atoms with Crippen molar-refractivity contribution >= 4 is 16.9 Å². The fourth-order valence-electron chi connectivity index (χ4n) is 1.23. The highest BCUT2D eigenvalue weighted by atomic mass is 19.1. The van der Waals surface area contributed by atoms with Gasteiger partial charge in [0.1, 0.15) is 5.83 Å². The first-order chi connectivity index (χ1) is 6.81. The van der Waals surface area contributed by atoms with Crippen LogP contribution in [-0.4, -0.2) is 9.97 Å². The van der Waals surface area contributed by atoms with Crippen LogP contribution in [0.4, 0.5) is 4.39 Å². The van der Waals surface area contributed by atoms with Crippen molar-refractivity contribution in [3.63, 3.8) is 0 Å². The standard InChI is InChI=1S/C11H8FN2/c1-2-9(12)8-3-4-10-11(7-8)14-6-5-13-10/h2-7H,1H2/b9-2+. The highest BCUT2D eigenvalue weighted by Crippen LogP contribution is 2.19. The molecule has 0 N–H and O–H groups in total. The van der Waals surface area contributed by atoms with Gasteiger partial charge in [0, 0.05) is 18.0 Å². The van der Waals surface area contributed by atoms with Gasteiger partial charge in [-0.3, -0.25) is 9.97 Å². The Morgan fingerprint density at radius 3 is 2.64 bits per heavy atom. The maximum Gasteiger partial charge on any atom is 0.126 e. The Bertz CT molecular complexity index is 491. The number of aromatic nitrogens is 2. The number of benzene rings is 1. The predicted octanol–water partition coefficient (Wildman–Crippen LogP) is 2.77. The van der Waals surface area contributed by atoms with Crippen LogP contribution in [0.15, 0.2) is 36.7 Å². The molecule has 2 nitrogen and oxygen atoms in total. The quantitative estimate of drug-likeness (QED) is 0.686. The number of halogens is 1. The Morgan fingerprint density at radius 1 is 1.21 bits per heavy atom. The molecule has 1 aromatic heterocycles. The van der Waals surface area contributed by atoms with Gasteiger partial charge in [0.15, 0.2) is 0 Å². The molecule has 0 saturated carbocycles. The summed E-state index contributed by atoms with van der Waals surface area (Å²) in [6.45, 7) is 3.37. The molecule has 1 radical (unpaired) electrons. The average molecular weight is 187 g/mol. The number of fused-ring (bicyclic) bond motifs is 1. The van der Waals surface area contributed by atoms with Crippen molar-refractivity contribution < 1.29 is 4.39 Å². The lowest BCUT2D eigenvalue weighted by molar-refractivity contribution is 0.760. The predicted molar refractivity (Wildman–Crippen MR) is 54.0 cm³/mol. The lowest BCUT2D eigenvalue weighted by Gasteiger charge is -1.99. The van der Waals surface area contributed by atoms with Crippen LogP contribution in [0.5, 0.6) is 0 Å². The van der Waals surface area contributed by atoms with Gasteiger partial charge in [0.25, 0.3) is 0 Å². The molecule has 1 aromatic carbocycles. The normalized spacial score (nSPS) is 12.0. The maximum atomic E-state index is 13.1. The molecule has 0 bridgehead atoms. The zero-order chi connectivity index (χ0) is 9.97. The number of rotatable bonds is 1. The summed E-state index contributed by atoms with van der Waals surface area (Å²) in [7, 11) is 0. The molecule has 14 heavy (non-hydrogen) atoms. The summed E-state index contributed by atoms with van der Waals surface area (Å²) in [5.41, 5.74) is 1.92. The molecule has 0 unspecified atom stereocenters. The smallest absolute Gasteiger partial charge is 0.126 e. The lowest BCUT2D eigenvalue weighted by Crippen LogP contribution is -1.84. The van der Waals surface area contributed by atoms with Gasteiger partial charge in [-0.15, -0.1) is 0 Å². The maximum absolute atomic E-state index is 13.1. The Kier molecular flexibility index (Phi) is 2.23. The van der Waals surface area contributed by atoms with Crippen molar-refractivity contribution in [1.29, 1.82) is 0 Å². The van der Waals surface area contributed by atoms with Crippen LogP contribution in [0.25, 0.3) is 16.9 Å². The van der Waals surface area contributed by atoms with Crippen LogP contribution >= 0.6 is 0 Å². The Morgan fingerprint density at radius 2 is 1.93 bits per heavy atom. The van der Waals surface area contributed by atoms with Crippen molar-refractivity contribution in [2.75, 3.05) is 0 Å². The summed E-state index contributed by atoms with van der Waals surface area (Å²) < 4.78 is 13.1. The Labute approximate surface area is 81.1 Å². The molecule has 69 valence electrons. The van der Waals surface area contributed by atoms with E-state index in [2.05, 4.69) is 16.9 Å². The van der Waals surface area contributed by atoms with Gasteiger partial charge in [0.05, 0.1) is 11.0 Å². The minimum absolute atomic E-state index is 0.349. The van der Waals surface area contributed by atoms with Gasteiger partial charge in [-0.1, -0.05) is 0 Å². The first-order valence-electron chi connectivity index (χ1n) is 4.17. The van der Waals surface area contributed by atoms with Gasteiger partial charge >= 0.3 is 0 Å². The summed E-state index contributed by atoms with van der Waals surface area (Å²) in [4.78, 5) is 8.17. The molecule has 0 saturated heterocycles. The van der Waals surface area contributed by atoms with Crippen molar-refractivity contribution in [1.82, 2.24) is 9.97 Å². The van der Waals surface area contributed by atoms with Crippen molar-refractivity contribution in [3.05, 3.63) is 49.2 Å². The molecule has 0 aliphatic rings. The van der Waals surface area contributed by atoms with Crippen LogP contribution in [0.3, 0.4) is 0 Å². The lowest BCUT2D eigenvalue weighted by atomic mass is 10.1. The summed E-state index contributed by atoms with van der Waals surface area (Å²) in [5, 5.41) is 0. The summed E-state index contributed by atoms with van der Waals surface area (Å²) in [6.07, 6.45) is 4.37. The molecule has 0 atom stereocenters. The summed E-state index contributed by atoms with van der Waals surface area (Å²) >= 11 is 0. The minimum atomic E-state index is -0.349. The first kappa shape index (κ1) is 8.81. The topological polar surface area (TPSA) is 25.8 Å². The zero-order valence-corrected chi connectivity index (χ0v) is 7.44. The molecule has 1 heterocycles. The summed E-state index contributed by atoms with van der Waals surface area (Å²) in [5.74, 6) is -0.349. The van der Waals surface area contributed by atoms with Crippen LogP contribution in [0, 0.1) is 6.92 Å². The van der Waals surface area contributed by atoms with E-state index < -0.39 is 0 Å². The largest absolute Gasteiger partial charge is 0.253 e. The number of nitrogens with zero attached hydrogens (tertiary/aromatic N) is 2. The molecular weight excluding hydrogens is 179 g/mol. The average Bonchev–Trinajstić information content (AvgIpc) is 2.27. The number of hydrogen-bond acceptors (Lipinski definition) is 2. The van der Waals surface area contributed by atoms with Crippen molar-refractivity contribution in [2.45, 2.75) is 0 Å². The molecular formula is C11H8FN2. The van der Waals surface area contributed by atoms with Crippen molar-refractivity contribution in [3.8, 4) is 0 Å². The third-order valence-electron chi connectivity index (χ3n) is 1.92.